The molecule has 0 atom stereocenters. The van der Waals surface area contributed by atoms with Gasteiger partial charge in [-0.05, 0) is 25.3 Å². The van der Waals surface area contributed by atoms with Crippen molar-refractivity contribution in [2.75, 3.05) is 6.61 Å². The standard InChI is InChI=1S/C13H22O2/c1-3-4-5-6-7-8-9-12-10-15-13(14)11(12)2/h3-10H2,1-2H3. The largest absolute Gasteiger partial charge is 0.458 e. The normalized spacial score (nSPS) is 16.0. The van der Waals surface area contributed by atoms with E-state index >= 15 is 0 Å². The predicted molar refractivity (Wildman–Crippen MR) is 61.7 cm³/mol. The summed E-state index contributed by atoms with van der Waals surface area (Å²) in [5, 5.41) is 0. The fourth-order valence-electron chi connectivity index (χ4n) is 1.89. The highest BCUT2D eigenvalue weighted by atomic mass is 16.5. The first-order valence-electron chi connectivity index (χ1n) is 6.11. The first kappa shape index (κ1) is 12.3. The molecule has 1 aliphatic heterocycles. The van der Waals surface area contributed by atoms with Crippen molar-refractivity contribution in [3.63, 3.8) is 0 Å². The minimum Gasteiger partial charge on any atom is -0.458 e. The summed E-state index contributed by atoms with van der Waals surface area (Å²) in [4.78, 5) is 11.1. The van der Waals surface area contributed by atoms with Crippen LogP contribution in [0.4, 0.5) is 0 Å². The molecule has 0 bridgehead atoms. The number of hydrogen-bond acceptors (Lipinski definition) is 2. The molecule has 0 aromatic rings. The van der Waals surface area contributed by atoms with Crippen LogP contribution in [0, 0.1) is 0 Å². The van der Waals surface area contributed by atoms with Crippen LogP contribution in [0.1, 0.15) is 58.8 Å². The predicted octanol–water partition coefficient (Wildman–Crippen LogP) is 3.61. The van der Waals surface area contributed by atoms with E-state index in [4.69, 9.17) is 4.74 Å². The third kappa shape index (κ3) is 4.06. The summed E-state index contributed by atoms with van der Waals surface area (Å²) in [7, 11) is 0. The first-order valence-corrected chi connectivity index (χ1v) is 6.11. The topological polar surface area (TPSA) is 26.3 Å². The van der Waals surface area contributed by atoms with E-state index in [0.29, 0.717) is 6.61 Å². The Hall–Kier alpha value is -0.790. The molecule has 15 heavy (non-hydrogen) atoms. The van der Waals surface area contributed by atoms with Crippen molar-refractivity contribution >= 4 is 5.97 Å². The van der Waals surface area contributed by atoms with E-state index in [1.165, 1.54) is 44.1 Å². The minimum atomic E-state index is -0.115. The molecule has 1 aliphatic rings. The second-order valence-corrected chi connectivity index (χ2v) is 4.32. The van der Waals surface area contributed by atoms with E-state index in [9.17, 15) is 4.79 Å². The summed E-state index contributed by atoms with van der Waals surface area (Å²) < 4.78 is 4.96. The molecular formula is C13H22O2. The highest BCUT2D eigenvalue weighted by Crippen LogP contribution is 2.21. The summed E-state index contributed by atoms with van der Waals surface area (Å²) >= 11 is 0. The monoisotopic (exact) mass is 210 g/mol. The quantitative estimate of drug-likeness (QED) is 0.474. The Morgan fingerprint density at radius 3 is 2.40 bits per heavy atom. The minimum absolute atomic E-state index is 0.115. The molecule has 0 unspecified atom stereocenters. The van der Waals surface area contributed by atoms with Gasteiger partial charge in [-0.3, -0.25) is 0 Å². The molecule has 0 radical (unpaired) electrons. The molecule has 0 saturated carbocycles. The number of hydrogen-bond donors (Lipinski definition) is 0. The van der Waals surface area contributed by atoms with Crippen molar-refractivity contribution in [1.29, 1.82) is 0 Å². The van der Waals surface area contributed by atoms with Gasteiger partial charge < -0.3 is 4.74 Å². The SMILES string of the molecule is CCCCCCCCC1=C(C)C(=O)OC1. The molecule has 2 heteroatoms. The molecule has 86 valence electrons. The second kappa shape index (κ2) is 6.65. The van der Waals surface area contributed by atoms with Crippen molar-refractivity contribution in [3.05, 3.63) is 11.1 Å². The lowest BCUT2D eigenvalue weighted by atomic mass is 10.0. The van der Waals surface area contributed by atoms with Gasteiger partial charge in [0.25, 0.3) is 0 Å². The summed E-state index contributed by atoms with van der Waals surface area (Å²) in [6.07, 6.45) is 8.86. The Bertz CT molecular complexity index is 241. The lowest BCUT2D eigenvalue weighted by Gasteiger charge is -2.01. The van der Waals surface area contributed by atoms with E-state index in [1.807, 2.05) is 6.92 Å². The number of ether oxygens (including phenoxy) is 1. The molecule has 2 nitrogen and oxygen atoms in total. The van der Waals surface area contributed by atoms with Gasteiger partial charge in [-0.2, -0.15) is 0 Å². The van der Waals surface area contributed by atoms with Crippen molar-refractivity contribution in [1.82, 2.24) is 0 Å². The molecular weight excluding hydrogens is 188 g/mol. The molecule has 0 aromatic carbocycles. The van der Waals surface area contributed by atoms with E-state index in [1.54, 1.807) is 0 Å². The smallest absolute Gasteiger partial charge is 0.334 e. The van der Waals surface area contributed by atoms with Crippen molar-refractivity contribution in [2.24, 2.45) is 0 Å². The molecule has 0 amide bonds. The highest BCUT2D eigenvalue weighted by molar-refractivity contribution is 5.90. The lowest BCUT2D eigenvalue weighted by molar-refractivity contribution is -0.135. The van der Waals surface area contributed by atoms with E-state index in [0.717, 1.165) is 12.0 Å². The summed E-state index contributed by atoms with van der Waals surface area (Å²) in [6, 6.07) is 0. The molecule has 1 rings (SSSR count). The Labute approximate surface area is 92.7 Å². The zero-order chi connectivity index (χ0) is 11.1. The van der Waals surface area contributed by atoms with Crippen LogP contribution in [-0.2, 0) is 9.53 Å². The van der Waals surface area contributed by atoms with Crippen LogP contribution in [0.3, 0.4) is 0 Å². The van der Waals surface area contributed by atoms with Crippen LogP contribution < -0.4 is 0 Å². The van der Waals surface area contributed by atoms with Crippen LogP contribution in [0.2, 0.25) is 0 Å². The molecule has 0 fully saturated rings. The van der Waals surface area contributed by atoms with Gasteiger partial charge in [0.05, 0.1) is 0 Å². The maximum absolute atomic E-state index is 11.1. The van der Waals surface area contributed by atoms with Crippen LogP contribution in [0.25, 0.3) is 0 Å². The van der Waals surface area contributed by atoms with E-state index < -0.39 is 0 Å². The molecule has 0 spiro atoms. The Kier molecular flexibility index (Phi) is 5.44. The third-order valence-corrected chi connectivity index (χ3v) is 3.05. The number of carbonyl (C=O) groups is 1. The molecule has 0 aliphatic carbocycles. The summed E-state index contributed by atoms with van der Waals surface area (Å²) in [5.74, 6) is -0.115. The average molecular weight is 210 g/mol. The number of esters is 1. The number of rotatable bonds is 7. The molecule has 0 saturated heterocycles. The van der Waals surface area contributed by atoms with Crippen molar-refractivity contribution in [2.45, 2.75) is 58.8 Å². The van der Waals surface area contributed by atoms with Crippen molar-refractivity contribution < 1.29 is 9.53 Å². The van der Waals surface area contributed by atoms with Gasteiger partial charge in [0.2, 0.25) is 0 Å². The van der Waals surface area contributed by atoms with Gasteiger partial charge in [0.1, 0.15) is 6.61 Å². The van der Waals surface area contributed by atoms with Crippen LogP contribution in [0.5, 0.6) is 0 Å². The Morgan fingerprint density at radius 1 is 1.13 bits per heavy atom. The van der Waals surface area contributed by atoms with Gasteiger partial charge in [0.15, 0.2) is 0 Å². The van der Waals surface area contributed by atoms with Gasteiger partial charge in [-0.15, -0.1) is 0 Å². The highest BCUT2D eigenvalue weighted by Gasteiger charge is 2.19. The van der Waals surface area contributed by atoms with Gasteiger partial charge >= 0.3 is 5.97 Å². The van der Waals surface area contributed by atoms with E-state index in [-0.39, 0.29) is 5.97 Å². The Balaban J connectivity index is 2.08. The maximum atomic E-state index is 11.1. The summed E-state index contributed by atoms with van der Waals surface area (Å²) in [6.45, 7) is 4.65. The lowest BCUT2D eigenvalue weighted by Crippen LogP contribution is -1.94. The van der Waals surface area contributed by atoms with Crippen LogP contribution in [-0.4, -0.2) is 12.6 Å². The molecule has 0 aromatic heterocycles. The fourth-order valence-corrected chi connectivity index (χ4v) is 1.89. The van der Waals surface area contributed by atoms with E-state index in [2.05, 4.69) is 6.92 Å². The van der Waals surface area contributed by atoms with Gasteiger partial charge in [-0.25, -0.2) is 4.79 Å². The number of unbranched alkanes of at least 4 members (excludes halogenated alkanes) is 5. The van der Waals surface area contributed by atoms with Crippen molar-refractivity contribution in [3.8, 4) is 0 Å². The average Bonchev–Trinajstić information content (AvgIpc) is 2.54. The molecule has 1 heterocycles. The van der Waals surface area contributed by atoms with Gasteiger partial charge in [-0.1, -0.05) is 39.0 Å². The number of cyclic esters (lactones) is 1. The summed E-state index contributed by atoms with van der Waals surface area (Å²) in [5.41, 5.74) is 2.07. The maximum Gasteiger partial charge on any atom is 0.334 e. The third-order valence-electron chi connectivity index (χ3n) is 3.05. The Morgan fingerprint density at radius 2 is 1.80 bits per heavy atom. The zero-order valence-electron chi connectivity index (χ0n) is 9.97. The second-order valence-electron chi connectivity index (χ2n) is 4.32. The van der Waals surface area contributed by atoms with Crippen LogP contribution in [0.15, 0.2) is 11.1 Å². The first-order chi connectivity index (χ1) is 7.25. The fraction of sp³-hybridized carbons (Fsp3) is 0.769. The zero-order valence-corrected chi connectivity index (χ0v) is 9.97. The van der Waals surface area contributed by atoms with Crippen LogP contribution >= 0.6 is 0 Å². The van der Waals surface area contributed by atoms with Gasteiger partial charge in [0, 0.05) is 5.57 Å². The molecule has 0 N–H and O–H groups in total. The number of carbonyl (C=O) groups excluding carboxylic acids is 1.